The highest BCUT2D eigenvalue weighted by Crippen LogP contribution is 2.19. The summed E-state index contributed by atoms with van der Waals surface area (Å²) in [5, 5.41) is 23.1. The Morgan fingerprint density at radius 1 is 0.355 bits per heavy atom. The zero-order valence-corrected chi connectivity index (χ0v) is 51.5. The molecule has 0 aliphatic heterocycles. The van der Waals surface area contributed by atoms with E-state index in [2.05, 4.69) is 31.3 Å². The fraction of sp³-hybridized carbons (Fsp3) is 0.914. The first-order chi connectivity index (χ1) is 37.5. The number of aliphatic hydroxyl groups excluding tert-OH is 2. The molecule has 0 aromatic carbocycles. The van der Waals surface area contributed by atoms with Crippen molar-refractivity contribution in [3.63, 3.8) is 0 Å². The molecule has 2 unspecified atom stereocenters. The van der Waals surface area contributed by atoms with Crippen LogP contribution < -0.4 is 5.32 Å². The highest BCUT2D eigenvalue weighted by Gasteiger charge is 2.18. The molecule has 0 heterocycles. The second-order valence-corrected chi connectivity index (χ2v) is 23.9. The molecule has 450 valence electrons. The van der Waals surface area contributed by atoms with Crippen LogP contribution in [0.2, 0.25) is 0 Å². The van der Waals surface area contributed by atoms with E-state index in [9.17, 15) is 19.8 Å². The number of amides is 1. The van der Waals surface area contributed by atoms with Gasteiger partial charge in [-0.15, -0.1) is 0 Å². The molecular formula is C70H135NO5. The average molecular weight is 1070 g/mol. The van der Waals surface area contributed by atoms with Gasteiger partial charge in [-0.1, -0.05) is 340 Å². The minimum Gasteiger partial charge on any atom is -0.466 e. The van der Waals surface area contributed by atoms with Gasteiger partial charge in [-0.05, 0) is 57.8 Å². The Labute approximate surface area is 475 Å². The van der Waals surface area contributed by atoms with Gasteiger partial charge in [-0.2, -0.15) is 0 Å². The van der Waals surface area contributed by atoms with Gasteiger partial charge < -0.3 is 20.3 Å². The topological polar surface area (TPSA) is 95.9 Å². The van der Waals surface area contributed by atoms with Crippen molar-refractivity contribution in [1.82, 2.24) is 5.32 Å². The van der Waals surface area contributed by atoms with Crippen LogP contribution in [-0.4, -0.2) is 47.4 Å². The summed E-state index contributed by atoms with van der Waals surface area (Å²) in [6.07, 6.45) is 82.6. The first-order valence-corrected chi connectivity index (χ1v) is 34.6. The summed E-state index contributed by atoms with van der Waals surface area (Å²) < 4.78 is 5.49. The summed E-state index contributed by atoms with van der Waals surface area (Å²) in [6, 6.07) is -0.624. The second kappa shape index (κ2) is 65.9. The molecule has 0 fully saturated rings. The van der Waals surface area contributed by atoms with Gasteiger partial charge >= 0.3 is 5.97 Å². The van der Waals surface area contributed by atoms with Crippen molar-refractivity contribution in [2.75, 3.05) is 13.2 Å². The first-order valence-electron chi connectivity index (χ1n) is 34.6. The highest BCUT2D eigenvalue weighted by atomic mass is 16.5. The Kier molecular flexibility index (Phi) is 64.4. The van der Waals surface area contributed by atoms with E-state index in [0.29, 0.717) is 19.4 Å². The molecule has 0 bridgehead atoms. The van der Waals surface area contributed by atoms with Crippen molar-refractivity contribution in [3.8, 4) is 0 Å². The summed E-state index contributed by atoms with van der Waals surface area (Å²) in [5.41, 5.74) is 0. The van der Waals surface area contributed by atoms with Gasteiger partial charge in [0.05, 0.1) is 25.4 Å². The lowest BCUT2D eigenvalue weighted by atomic mass is 10.0. The van der Waals surface area contributed by atoms with Crippen LogP contribution in [0.4, 0.5) is 0 Å². The molecule has 0 radical (unpaired) electrons. The van der Waals surface area contributed by atoms with Gasteiger partial charge in [-0.25, -0.2) is 0 Å². The number of allylic oxidation sites excluding steroid dienone is 3. The number of rotatable bonds is 65. The predicted molar refractivity (Wildman–Crippen MR) is 333 cm³/mol. The molecule has 3 N–H and O–H groups in total. The summed E-state index contributed by atoms with van der Waals surface area (Å²) in [7, 11) is 0. The van der Waals surface area contributed by atoms with E-state index < -0.39 is 12.1 Å². The van der Waals surface area contributed by atoms with Gasteiger partial charge in [0, 0.05) is 12.8 Å². The monoisotopic (exact) mass is 1070 g/mol. The van der Waals surface area contributed by atoms with E-state index >= 15 is 0 Å². The highest BCUT2D eigenvalue weighted by molar-refractivity contribution is 5.76. The lowest BCUT2D eigenvalue weighted by molar-refractivity contribution is -0.143. The lowest BCUT2D eigenvalue weighted by Crippen LogP contribution is -2.45. The van der Waals surface area contributed by atoms with E-state index in [0.717, 1.165) is 44.9 Å². The summed E-state index contributed by atoms with van der Waals surface area (Å²) in [4.78, 5) is 24.5. The molecule has 0 saturated heterocycles. The maximum Gasteiger partial charge on any atom is 0.305 e. The Bertz CT molecular complexity index is 1190. The molecule has 6 heteroatoms. The summed E-state index contributed by atoms with van der Waals surface area (Å²) >= 11 is 0. The van der Waals surface area contributed by atoms with Crippen LogP contribution in [0.1, 0.15) is 386 Å². The molecule has 0 aromatic rings. The van der Waals surface area contributed by atoms with Crippen LogP contribution in [-0.2, 0) is 14.3 Å². The van der Waals surface area contributed by atoms with E-state index in [1.807, 2.05) is 6.08 Å². The SMILES string of the molecule is CCCCCCC/C=C\CCCCCCCC(=O)OCCCCCCCCCCCCCCCCCCCCCCCCCCCCCCCCCC(=O)NC(CO)C(O)/C=C/CCCCCCCCCCCCCC. The number of nitrogens with one attached hydrogen (secondary N) is 1. The number of ether oxygens (including phenoxy) is 1. The summed E-state index contributed by atoms with van der Waals surface area (Å²) in [5.74, 6) is -0.0495. The molecular weight excluding hydrogens is 935 g/mol. The van der Waals surface area contributed by atoms with Crippen molar-refractivity contribution < 1.29 is 24.5 Å². The zero-order valence-electron chi connectivity index (χ0n) is 51.5. The minimum absolute atomic E-state index is 0.0123. The molecule has 76 heavy (non-hydrogen) atoms. The van der Waals surface area contributed by atoms with Crippen LogP contribution in [0, 0.1) is 0 Å². The van der Waals surface area contributed by atoms with E-state index in [1.54, 1.807) is 6.08 Å². The van der Waals surface area contributed by atoms with Crippen LogP contribution in [0.3, 0.4) is 0 Å². The molecule has 6 nitrogen and oxygen atoms in total. The van der Waals surface area contributed by atoms with Crippen molar-refractivity contribution >= 4 is 11.9 Å². The number of esters is 1. The number of hydrogen-bond acceptors (Lipinski definition) is 5. The van der Waals surface area contributed by atoms with Crippen LogP contribution in [0.25, 0.3) is 0 Å². The molecule has 1 amide bonds. The van der Waals surface area contributed by atoms with Gasteiger partial charge in [-0.3, -0.25) is 9.59 Å². The minimum atomic E-state index is -0.840. The van der Waals surface area contributed by atoms with Crippen molar-refractivity contribution in [2.24, 2.45) is 0 Å². The predicted octanol–water partition coefficient (Wildman–Crippen LogP) is 22.1. The maximum atomic E-state index is 12.5. The fourth-order valence-electron chi connectivity index (χ4n) is 10.9. The standard InChI is InChI=1S/C70H135NO5/c1-3-5-7-9-11-13-15-17-38-42-46-50-54-58-62-68(73)67(66-72)71-69(74)63-59-55-51-47-43-39-36-34-32-30-28-26-24-22-20-19-21-23-25-27-29-31-33-35-37-41-45-49-53-57-61-65-76-70(75)64-60-56-52-48-44-40-18-16-14-12-10-8-6-4-2/h16,18,58,62,67-68,72-73H,3-15,17,19-57,59-61,63-66H2,1-2H3,(H,71,74)/b18-16-,62-58+. The number of carbonyl (C=O) groups excluding carboxylic acids is 2. The third-order valence-corrected chi connectivity index (χ3v) is 16.2. The fourth-order valence-corrected chi connectivity index (χ4v) is 10.9. The Hall–Kier alpha value is -1.66. The maximum absolute atomic E-state index is 12.5. The Morgan fingerprint density at radius 3 is 0.934 bits per heavy atom. The van der Waals surface area contributed by atoms with Crippen molar-refractivity contribution in [2.45, 2.75) is 398 Å². The van der Waals surface area contributed by atoms with E-state index in [-0.39, 0.29) is 18.5 Å². The zero-order chi connectivity index (χ0) is 55.0. The number of aliphatic hydroxyl groups is 2. The van der Waals surface area contributed by atoms with Crippen LogP contribution in [0.5, 0.6) is 0 Å². The van der Waals surface area contributed by atoms with Crippen LogP contribution >= 0.6 is 0 Å². The average Bonchev–Trinajstić information content (AvgIpc) is 3.42. The normalized spacial score (nSPS) is 12.6. The molecule has 2 atom stereocenters. The van der Waals surface area contributed by atoms with Gasteiger partial charge in [0.2, 0.25) is 5.91 Å². The molecule has 0 aromatic heterocycles. The second-order valence-electron chi connectivity index (χ2n) is 23.9. The Balaban J connectivity index is 3.33. The largest absolute Gasteiger partial charge is 0.466 e. The van der Waals surface area contributed by atoms with Crippen molar-refractivity contribution in [3.05, 3.63) is 24.3 Å². The molecule has 0 rings (SSSR count). The smallest absolute Gasteiger partial charge is 0.305 e. The summed E-state index contributed by atoms with van der Waals surface area (Å²) in [6.45, 7) is 4.92. The van der Waals surface area contributed by atoms with Gasteiger partial charge in [0.15, 0.2) is 0 Å². The van der Waals surface area contributed by atoms with Crippen LogP contribution in [0.15, 0.2) is 24.3 Å². The molecule has 0 saturated carbocycles. The third kappa shape index (κ3) is 61.6. The molecule has 0 aliphatic rings. The van der Waals surface area contributed by atoms with Gasteiger partial charge in [0.25, 0.3) is 0 Å². The number of carbonyl (C=O) groups is 2. The molecule has 0 aliphatic carbocycles. The number of unbranched alkanes of at least 4 members (excludes halogenated alkanes) is 52. The van der Waals surface area contributed by atoms with E-state index in [1.165, 1.54) is 315 Å². The van der Waals surface area contributed by atoms with Gasteiger partial charge in [0.1, 0.15) is 0 Å². The Morgan fingerprint density at radius 2 is 0.618 bits per heavy atom. The number of hydrogen-bond donors (Lipinski definition) is 3. The van der Waals surface area contributed by atoms with E-state index in [4.69, 9.17) is 4.74 Å². The third-order valence-electron chi connectivity index (χ3n) is 16.2. The quantitative estimate of drug-likeness (QED) is 0.0320. The lowest BCUT2D eigenvalue weighted by Gasteiger charge is -2.20. The first kappa shape index (κ1) is 74.3. The van der Waals surface area contributed by atoms with Crippen molar-refractivity contribution in [1.29, 1.82) is 0 Å². The molecule has 0 spiro atoms.